The van der Waals surface area contributed by atoms with E-state index in [9.17, 15) is 0 Å². The smallest absolute Gasteiger partial charge is 0.0961 e. The Morgan fingerprint density at radius 3 is 2.92 bits per heavy atom. The zero-order chi connectivity index (χ0) is 8.39. The van der Waals surface area contributed by atoms with Crippen LogP contribution in [-0.4, -0.2) is 36.5 Å². The van der Waals surface area contributed by atoms with Gasteiger partial charge in [0, 0.05) is 19.6 Å². The summed E-state index contributed by atoms with van der Waals surface area (Å²) in [5.41, 5.74) is 0. The molecule has 0 aliphatic carbocycles. The van der Waals surface area contributed by atoms with E-state index in [-0.39, 0.29) is 0 Å². The molecule has 0 aromatic rings. The summed E-state index contributed by atoms with van der Waals surface area (Å²) in [6.45, 7) is 2.83. The molecule has 0 bridgehead atoms. The number of hydrogen-bond donors (Lipinski definition) is 1. The third-order valence-electron chi connectivity index (χ3n) is 2.74. The van der Waals surface area contributed by atoms with E-state index >= 15 is 0 Å². The fourth-order valence-electron chi connectivity index (χ4n) is 2.07. The van der Waals surface area contributed by atoms with Crippen molar-refractivity contribution in [3.8, 4) is 0 Å². The molecule has 2 saturated heterocycles. The van der Waals surface area contributed by atoms with E-state index < -0.39 is 0 Å². The Kier molecular flexibility index (Phi) is 2.30. The minimum Gasteiger partial charge on any atom is -0.379 e. The maximum absolute atomic E-state index is 7.71. The zero-order valence-corrected chi connectivity index (χ0v) is 7.38. The van der Waals surface area contributed by atoms with Gasteiger partial charge >= 0.3 is 0 Å². The summed E-state index contributed by atoms with van der Waals surface area (Å²) in [4.78, 5) is 2.22. The van der Waals surface area contributed by atoms with Gasteiger partial charge in [0.25, 0.3) is 0 Å². The maximum Gasteiger partial charge on any atom is 0.0961 e. The van der Waals surface area contributed by atoms with Crippen molar-refractivity contribution < 1.29 is 4.74 Å². The standard InChI is InChI=1S/C9H16N2O/c10-9-4-1-5-11(9)8-3-2-6-12-7-8/h8,10H,1-7H2. The molecule has 1 atom stereocenters. The average Bonchev–Trinajstić information content (AvgIpc) is 2.53. The Morgan fingerprint density at radius 1 is 1.42 bits per heavy atom. The third kappa shape index (κ3) is 1.46. The third-order valence-corrected chi connectivity index (χ3v) is 2.74. The van der Waals surface area contributed by atoms with E-state index in [4.69, 9.17) is 10.1 Å². The second-order valence-electron chi connectivity index (χ2n) is 3.61. The zero-order valence-electron chi connectivity index (χ0n) is 7.38. The molecule has 0 aromatic carbocycles. The molecule has 2 fully saturated rings. The van der Waals surface area contributed by atoms with Crippen LogP contribution in [0.15, 0.2) is 0 Å². The SMILES string of the molecule is N=C1CCCN1C1CCCOC1. The van der Waals surface area contributed by atoms with Gasteiger partial charge in [-0.3, -0.25) is 5.41 Å². The number of rotatable bonds is 1. The van der Waals surface area contributed by atoms with Crippen LogP contribution in [0.4, 0.5) is 0 Å². The van der Waals surface area contributed by atoms with Crippen LogP contribution in [0, 0.1) is 5.41 Å². The van der Waals surface area contributed by atoms with E-state index in [1.807, 2.05) is 0 Å². The molecular formula is C9H16N2O. The van der Waals surface area contributed by atoms with Crippen molar-refractivity contribution in [1.29, 1.82) is 5.41 Å². The van der Waals surface area contributed by atoms with Gasteiger partial charge in [-0.25, -0.2) is 0 Å². The number of nitrogens with one attached hydrogen (secondary N) is 1. The van der Waals surface area contributed by atoms with E-state index in [2.05, 4.69) is 4.90 Å². The molecule has 68 valence electrons. The topological polar surface area (TPSA) is 36.3 Å². The second kappa shape index (κ2) is 3.44. The van der Waals surface area contributed by atoms with Crippen LogP contribution in [0.3, 0.4) is 0 Å². The number of ether oxygens (including phenoxy) is 1. The summed E-state index contributed by atoms with van der Waals surface area (Å²) < 4.78 is 5.40. The van der Waals surface area contributed by atoms with Crippen LogP contribution in [-0.2, 0) is 4.74 Å². The fourth-order valence-corrected chi connectivity index (χ4v) is 2.07. The molecule has 2 aliphatic heterocycles. The molecule has 3 nitrogen and oxygen atoms in total. The molecule has 0 amide bonds. The van der Waals surface area contributed by atoms with Gasteiger partial charge in [-0.1, -0.05) is 0 Å². The Morgan fingerprint density at radius 2 is 2.33 bits per heavy atom. The lowest BCUT2D eigenvalue weighted by molar-refractivity contribution is 0.0441. The molecule has 3 heteroatoms. The van der Waals surface area contributed by atoms with Gasteiger partial charge < -0.3 is 9.64 Å². The van der Waals surface area contributed by atoms with E-state index in [0.717, 1.165) is 44.9 Å². The first kappa shape index (κ1) is 8.05. The molecule has 0 radical (unpaired) electrons. The molecule has 0 aromatic heterocycles. The van der Waals surface area contributed by atoms with Crippen LogP contribution in [0.25, 0.3) is 0 Å². The fraction of sp³-hybridized carbons (Fsp3) is 0.889. The number of hydrogen-bond acceptors (Lipinski definition) is 2. The lowest BCUT2D eigenvalue weighted by Gasteiger charge is -2.32. The lowest BCUT2D eigenvalue weighted by atomic mass is 10.1. The molecule has 0 saturated carbocycles. The number of nitrogens with zero attached hydrogens (tertiary/aromatic N) is 1. The van der Waals surface area contributed by atoms with Crippen molar-refractivity contribution in [3.63, 3.8) is 0 Å². The molecule has 2 aliphatic rings. The Hall–Kier alpha value is -0.570. The Labute approximate surface area is 73.2 Å². The summed E-state index contributed by atoms with van der Waals surface area (Å²) in [5, 5.41) is 7.71. The van der Waals surface area contributed by atoms with Crippen molar-refractivity contribution in [2.75, 3.05) is 19.8 Å². The van der Waals surface area contributed by atoms with Crippen LogP contribution in [0.5, 0.6) is 0 Å². The lowest BCUT2D eigenvalue weighted by Crippen LogP contribution is -2.41. The van der Waals surface area contributed by atoms with E-state index in [0.29, 0.717) is 6.04 Å². The van der Waals surface area contributed by atoms with Crippen LogP contribution >= 0.6 is 0 Å². The first-order valence-electron chi connectivity index (χ1n) is 4.80. The van der Waals surface area contributed by atoms with E-state index in [1.54, 1.807) is 0 Å². The van der Waals surface area contributed by atoms with Gasteiger partial charge in [0.05, 0.1) is 18.5 Å². The highest BCUT2D eigenvalue weighted by Gasteiger charge is 2.26. The predicted octanol–water partition coefficient (Wildman–Crippen LogP) is 1.24. The van der Waals surface area contributed by atoms with Crippen LogP contribution < -0.4 is 0 Å². The number of likely N-dealkylation sites (tertiary alicyclic amines) is 1. The predicted molar refractivity (Wildman–Crippen MR) is 47.5 cm³/mol. The summed E-state index contributed by atoms with van der Waals surface area (Å²) in [6, 6.07) is 0.508. The van der Waals surface area contributed by atoms with E-state index in [1.165, 1.54) is 6.42 Å². The van der Waals surface area contributed by atoms with Crippen molar-refractivity contribution in [1.82, 2.24) is 4.90 Å². The van der Waals surface area contributed by atoms with Crippen LogP contribution in [0.1, 0.15) is 25.7 Å². The maximum atomic E-state index is 7.71. The highest BCUT2D eigenvalue weighted by atomic mass is 16.5. The van der Waals surface area contributed by atoms with Crippen LogP contribution in [0.2, 0.25) is 0 Å². The summed E-state index contributed by atoms with van der Waals surface area (Å²) in [5.74, 6) is 0.825. The van der Waals surface area contributed by atoms with Gasteiger partial charge in [-0.05, 0) is 19.3 Å². The van der Waals surface area contributed by atoms with Gasteiger partial charge in [0.2, 0.25) is 0 Å². The molecule has 2 heterocycles. The summed E-state index contributed by atoms with van der Waals surface area (Å²) >= 11 is 0. The molecule has 1 N–H and O–H groups in total. The molecule has 1 unspecified atom stereocenters. The normalized spacial score (nSPS) is 31.2. The highest BCUT2D eigenvalue weighted by Crippen LogP contribution is 2.19. The molecule has 12 heavy (non-hydrogen) atoms. The van der Waals surface area contributed by atoms with Gasteiger partial charge in [0.1, 0.15) is 0 Å². The first-order chi connectivity index (χ1) is 5.88. The van der Waals surface area contributed by atoms with Crippen molar-refractivity contribution >= 4 is 5.84 Å². The minimum atomic E-state index is 0.508. The molecular weight excluding hydrogens is 152 g/mol. The summed E-state index contributed by atoms with van der Waals surface area (Å²) in [7, 11) is 0. The monoisotopic (exact) mass is 168 g/mol. The van der Waals surface area contributed by atoms with Gasteiger partial charge in [-0.2, -0.15) is 0 Å². The second-order valence-corrected chi connectivity index (χ2v) is 3.61. The Balaban J connectivity index is 1.93. The Bertz CT molecular complexity index is 175. The minimum absolute atomic E-state index is 0.508. The molecule has 2 rings (SSSR count). The first-order valence-corrected chi connectivity index (χ1v) is 4.80. The number of amidine groups is 1. The summed E-state index contributed by atoms with van der Waals surface area (Å²) in [6.07, 6.45) is 4.50. The largest absolute Gasteiger partial charge is 0.379 e. The van der Waals surface area contributed by atoms with Crippen molar-refractivity contribution in [2.45, 2.75) is 31.7 Å². The molecule has 0 spiro atoms. The van der Waals surface area contributed by atoms with Crippen molar-refractivity contribution in [2.24, 2.45) is 0 Å². The highest BCUT2D eigenvalue weighted by molar-refractivity contribution is 5.81. The van der Waals surface area contributed by atoms with Gasteiger partial charge in [0.15, 0.2) is 0 Å². The quantitative estimate of drug-likeness (QED) is 0.639. The van der Waals surface area contributed by atoms with Gasteiger partial charge in [-0.15, -0.1) is 0 Å². The average molecular weight is 168 g/mol. The van der Waals surface area contributed by atoms with Crippen molar-refractivity contribution in [3.05, 3.63) is 0 Å².